The third-order valence-corrected chi connectivity index (χ3v) is 5.76. The smallest absolute Gasteiger partial charge is 0.239 e. The van der Waals surface area contributed by atoms with Gasteiger partial charge in [-0.1, -0.05) is 46.3 Å². The van der Waals surface area contributed by atoms with Gasteiger partial charge in [-0.2, -0.15) is 0 Å². The summed E-state index contributed by atoms with van der Waals surface area (Å²) < 4.78 is 0.891. The fourth-order valence-electron chi connectivity index (χ4n) is 3.40. The maximum Gasteiger partial charge on any atom is 0.239 e. The molecule has 2 amide bonds. The zero-order chi connectivity index (χ0) is 22.1. The Morgan fingerprint density at radius 2 is 1.39 bits per heavy atom. The van der Waals surface area contributed by atoms with Crippen molar-refractivity contribution in [3.63, 3.8) is 0 Å². The van der Waals surface area contributed by atoms with Crippen molar-refractivity contribution in [3.8, 4) is 0 Å². The molecule has 31 heavy (non-hydrogen) atoms. The Bertz CT molecular complexity index is 881. The number of piperazine rings is 1. The third kappa shape index (κ3) is 7.48. The van der Waals surface area contributed by atoms with E-state index in [1.807, 2.05) is 18.2 Å². The molecular weight excluding hydrogens is 460 g/mol. The van der Waals surface area contributed by atoms with Gasteiger partial charge in [-0.3, -0.25) is 30.1 Å². The summed E-state index contributed by atoms with van der Waals surface area (Å²) in [6.45, 7) is 4.29. The van der Waals surface area contributed by atoms with Gasteiger partial charge >= 0.3 is 0 Å². The van der Waals surface area contributed by atoms with Gasteiger partial charge in [-0.25, -0.2) is 0 Å². The van der Waals surface area contributed by atoms with E-state index >= 15 is 0 Å². The van der Waals surface area contributed by atoms with Crippen LogP contribution in [0.25, 0.3) is 0 Å². The van der Waals surface area contributed by atoms with Crippen molar-refractivity contribution in [3.05, 3.63) is 64.6 Å². The van der Waals surface area contributed by atoms with Crippen LogP contribution in [0.1, 0.15) is 29.6 Å². The van der Waals surface area contributed by atoms with Crippen LogP contribution in [0.4, 0.5) is 5.69 Å². The van der Waals surface area contributed by atoms with E-state index in [1.54, 1.807) is 24.3 Å². The fourth-order valence-corrected chi connectivity index (χ4v) is 3.66. The first-order valence-corrected chi connectivity index (χ1v) is 11.2. The summed E-state index contributed by atoms with van der Waals surface area (Å²) in [5.41, 5.74) is 6.61. The lowest BCUT2D eigenvalue weighted by Gasteiger charge is -2.36. The molecule has 7 nitrogen and oxygen atoms in total. The third-order valence-electron chi connectivity index (χ3n) is 5.24. The maximum absolute atomic E-state index is 12.1. The molecule has 0 unspecified atom stereocenters. The Labute approximate surface area is 190 Å². The first-order chi connectivity index (χ1) is 15.0. The number of carbonyl (C=O) groups excluding carboxylic acids is 3. The number of hydrogen-bond donors (Lipinski definition) is 2. The molecule has 0 aromatic heterocycles. The highest BCUT2D eigenvalue weighted by molar-refractivity contribution is 9.10. The fraction of sp³-hybridized carbons (Fsp3) is 0.348. The van der Waals surface area contributed by atoms with E-state index in [1.165, 1.54) is 5.69 Å². The molecule has 8 heteroatoms. The number of hydrazine groups is 1. The minimum atomic E-state index is -0.379. The van der Waals surface area contributed by atoms with Crippen LogP contribution in [0.15, 0.2) is 59.1 Å². The summed E-state index contributed by atoms with van der Waals surface area (Å²) in [5.74, 6) is -0.725. The lowest BCUT2D eigenvalue weighted by molar-refractivity contribution is -0.129. The molecule has 1 saturated heterocycles. The second-order valence-electron chi connectivity index (χ2n) is 7.44. The van der Waals surface area contributed by atoms with Crippen molar-refractivity contribution in [1.82, 2.24) is 15.8 Å². The summed E-state index contributed by atoms with van der Waals surface area (Å²) in [4.78, 5) is 40.6. The largest absolute Gasteiger partial charge is 0.369 e. The lowest BCUT2D eigenvalue weighted by atomic mass is 10.1. The van der Waals surface area contributed by atoms with Crippen LogP contribution in [0.5, 0.6) is 0 Å². The molecule has 0 saturated carbocycles. The van der Waals surface area contributed by atoms with Crippen molar-refractivity contribution in [1.29, 1.82) is 0 Å². The van der Waals surface area contributed by atoms with Crippen LogP contribution in [-0.4, -0.2) is 55.2 Å². The van der Waals surface area contributed by atoms with Crippen LogP contribution in [0.2, 0.25) is 0 Å². The van der Waals surface area contributed by atoms with Gasteiger partial charge in [0.2, 0.25) is 11.8 Å². The number of anilines is 1. The second-order valence-corrected chi connectivity index (χ2v) is 8.36. The van der Waals surface area contributed by atoms with Crippen molar-refractivity contribution < 1.29 is 14.4 Å². The van der Waals surface area contributed by atoms with Crippen molar-refractivity contribution in [2.75, 3.05) is 37.6 Å². The van der Waals surface area contributed by atoms with E-state index in [0.29, 0.717) is 18.5 Å². The number of carbonyl (C=O) groups is 3. The number of rotatable bonds is 8. The summed E-state index contributed by atoms with van der Waals surface area (Å²) in [5, 5.41) is 0. The summed E-state index contributed by atoms with van der Waals surface area (Å²) in [6.07, 6.45) is 0.426. The Kier molecular flexibility index (Phi) is 8.61. The molecule has 0 spiro atoms. The number of halogens is 1. The molecule has 0 aliphatic carbocycles. The van der Waals surface area contributed by atoms with Crippen molar-refractivity contribution in [2.24, 2.45) is 0 Å². The number of hydrogen-bond acceptors (Lipinski definition) is 5. The highest BCUT2D eigenvalue weighted by atomic mass is 79.9. The minimum Gasteiger partial charge on any atom is -0.369 e. The molecule has 1 aliphatic heterocycles. The highest BCUT2D eigenvalue weighted by Crippen LogP contribution is 2.15. The monoisotopic (exact) mass is 486 g/mol. The number of para-hydroxylation sites is 1. The lowest BCUT2D eigenvalue weighted by Crippen LogP contribution is -2.48. The molecule has 2 aromatic carbocycles. The number of benzene rings is 2. The number of Topliss-reactive ketones (excluding diaryl/α,β-unsaturated/α-hetero) is 1. The van der Waals surface area contributed by atoms with Crippen LogP contribution in [-0.2, 0) is 9.59 Å². The van der Waals surface area contributed by atoms with Crippen LogP contribution < -0.4 is 15.8 Å². The average Bonchev–Trinajstić information content (AvgIpc) is 2.81. The standard InChI is InChI=1S/C23H27BrN4O3/c24-19-8-6-18(7-9-19)21(29)10-11-22(30)25-26-23(31)12-13-27-14-16-28(17-15-27)20-4-2-1-3-5-20/h1-9H,10-17H2,(H,25,30)(H,26,31). The molecule has 0 atom stereocenters. The first-order valence-electron chi connectivity index (χ1n) is 10.4. The Morgan fingerprint density at radius 3 is 2.03 bits per heavy atom. The van der Waals surface area contributed by atoms with Gasteiger partial charge in [-0.05, 0) is 24.3 Å². The molecule has 1 fully saturated rings. The van der Waals surface area contributed by atoms with Gasteiger partial charge in [0, 0.05) is 67.7 Å². The first kappa shape index (κ1) is 23.0. The van der Waals surface area contributed by atoms with Crippen molar-refractivity contribution >= 4 is 39.2 Å². The van der Waals surface area contributed by atoms with Gasteiger partial charge in [0.1, 0.15) is 0 Å². The number of ketones is 1. The molecule has 1 aliphatic rings. The highest BCUT2D eigenvalue weighted by Gasteiger charge is 2.18. The molecule has 3 rings (SSSR count). The van der Waals surface area contributed by atoms with Gasteiger partial charge in [0.15, 0.2) is 5.78 Å². The maximum atomic E-state index is 12.1. The summed E-state index contributed by atoms with van der Waals surface area (Å²) >= 11 is 3.32. The van der Waals surface area contributed by atoms with Crippen LogP contribution >= 0.6 is 15.9 Å². The van der Waals surface area contributed by atoms with Crippen LogP contribution in [0.3, 0.4) is 0 Å². The van der Waals surface area contributed by atoms with E-state index in [4.69, 9.17) is 0 Å². The molecule has 2 N–H and O–H groups in total. The van der Waals surface area contributed by atoms with Gasteiger partial charge in [-0.15, -0.1) is 0 Å². The Balaban J connectivity index is 1.28. The quantitative estimate of drug-likeness (QED) is 0.442. The van der Waals surface area contributed by atoms with Gasteiger partial charge in [0.25, 0.3) is 0 Å². The van der Waals surface area contributed by atoms with Gasteiger partial charge < -0.3 is 4.90 Å². The van der Waals surface area contributed by atoms with E-state index in [0.717, 1.165) is 30.7 Å². The molecule has 2 aromatic rings. The number of nitrogens with one attached hydrogen (secondary N) is 2. The Hall–Kier alpha value is -2.71. The molecule has 0 radical (unpaired) electrons. The molecule has 1 heterocycles. The van der Waals surface area contributed by atoms with E-state index < -0.39 is 0 Å². The average molecular weight is 487 g/mol. The topological polar surface area (TPSA) is 81.8 Å². The predicted octanol–water partition coefficient (Wildman–Crippen LogP) is 2.77. The SMILES string of the molecule is O=C(CCC(=O)c1ccc(Br)cc1)NNC(=O)CCN1CCN(c2ccccc2)CC1. The number of amides is 2. The minimum absolute atomic E-state index is 0.0244. The Morgan fingerprint density at radius 1 is 0.774 bits per heavy atom. The zero-order valence-corrected chi connectivity index (χ0v) is 18.9. The van der Waals surface area contributed by atoms with Crippen LogP contribution in [0, 0.1) is 0 Å². The molecular formula is C23H27BrN4O3. The van der Waals surface area contributed by atoms with E-state index in [2.05, 4.69) is 48.7 Å². The summed E-state index contributed by atoms with van der Waals surface area (Å²) in [7, 11) is 0. The number of nitrogens with zero attached hydrogens (tertiary/aromatic N) is 2. The molecule has 0 bridgehead atoms. The molecule has 164 valence electrons. The second kappa shape index (κ2) is 11.6. The normalized spacial score (nSPS) is 14.2. The van der Waals surface area contributed by atoms with E-state index in [9.17, 15) is 14.4 Å². The zero-order valence-electron chi connectivity index (χ0n) is 17.4. The van der Waals surface area contributed by atoms with Crippen molar-refractivity contribution in [2.45, 2.75) is 19.3 Å². The van der Waals surface area contributed by atoms with E-state index in [-0.39, 0.29) is 30.4 Å². The predicted molar refractivity (Wildman–Crippen MR) is 124 cm³/mol. The summed E-state index contributed by atoms with van der Waals surface area (Å²) in [6, 6.07) is 17.3. The van der Waals surface area contributed by atoms with Gasteiger partial charge in [0.05, 0.1) is 0 Å².